The van der Waals surface area contributed by atoms with Gasteiger partial charge >= 0.3 is 0 Å². The Morgan fingerprint density at radius 3 is 2.67 bits per heavy atom. The van der Waals surface area contributed by atoms with Gasteiger partial charge in [-0.1, -0.05) is 0 Å². The van der Waals surface area contributed by atoms with Gasteiger partial charge in [-0.05, 0) is 38.0 Å². The molecule has 0 spiro atoms. The van der Waals surface area contributed by atoms with Gasteiger partial charge in [0.25, 0.3) is 5.91 Å². The van der Waals surface area contributed by atoms with Crippen molar-refractivity contribution in [2.24, 2.45) is 0 Å². The van der Waals surface area contributed by atoms with E-state index in [0.717, 1.165) is 12.8 Å². The van der Waals surface area contributed by atoms with E-state index in [1.807, 2.05) is 6.07 Å². The van der Waals surface area contributed by atoms with Crippen molar-refractivity contribution in [2.75, 3.05) is 34.4 Å². The predicted octanol–water partition coefficient (Wildman–Crippen LogP) is 1.82. The molecule has 30 heavy (non-hydrogen) atoms. The fourth-order valence-electron chi connectivity index (χ4n) is 3.98. The zero-order chi connectivity index (χ0) is 21.8. The molecule has 2 heterocycles. The number of benzene rings is 1. The third-order valence-electron chi connectivity index (χ3n) is 5.98. The summed E-state index contributed by atoms with van der Waals surface area (Å²) in [4.78, 5) is 29.1. The Morgan fingerprint density at radius 2 is 1.97 bits per heavy atom. The standard InChI is InChI=1S/C22H29N3O5/c1-14-21(26)24(2)13-20-19(28-4)8-6-16(30-20)9-10-29-18-7-5-15(12-23)11-17(18)22(27)25(14)3/h5,7,11,14,16,19-20H,6,8-10,13H2,1-4H3/t14-,16+,19+,20+/m0/s1. The van der Waals surface area contributed by atoms with Crippen LogP contribution in [0.25, 0.3) is 0 Å². The second-order valence-electron chi connectivity index (χ2n) is 7.92. The molecule has 2 aliphatic heterocycles. The lowest BCUT2D eigenvalue weighted by molar-refractivity contribution is -0.152. The number of carbonyl (C=O) groups is 2. The molecule has 3 rings (SSSR count). The van der Waals surface area contributed by atoms with Crippen LogP contribution in [0.3, 0.4) is 0 Å². The van der Waals surface area contributed by atoms with Crippen LogP contribution in [0.1, 0.15) is 42.1 Å². The highest BCUT2D eigenvalue weighted by molar-refractivity contribution is 5.99. The number of fused-ring (bicyclic) bond motifs is 3. The van der Waals surface area contributed by atoms with Crippen LogP contribution < -0.4 is 4.74 Å². The summed E-state index contributed by atoms with van der Waals surface area (Å²) >= 11 is 0. The van der Waals surface area contributed by atoms with Gasteiger partial charge in [-0.25, -0.2) is 0 Å². The van der Waals surface area contributed by atoms with E-state index in [9.17, 15) is 14.9 Å². The van der Waals surface area contributed by atoms with Gasteiger partial charge in [0.2, 0.25) is 5.91 Å². The highest BCUT2D eigenvalue weighted by Gasteiger charge is 2.35. The first-order valence-electron chi connectivity index (χ1n) is 10.2. The lowest BCUT2D eigenvalue weighted by Crippen LogP contribution is -2.52. The Morgan fingerprint density at radius 1 is 1.20 bits per heavy atom. The van der Waals surface area contributed by atoms with E-state index < -0.39 is 6.04 Å². The summed E-state index contributed by atoms with van der Waals surface area (Å²) in [6.07, 6.45) is 2.03. The number of nitrogens with zero attached hydrogens (tertiary/aromatic N) is 3. The molecular weight excluding hydrogens is 386 g/mol. The van der Waals surface area contributed by atoms with Crippen molar-refractivity contribution < 1.29 is 23.8 Å². The molecule has 1 fully saturated rings. The SMILES string of the molecule is CO[C@@H]1CC[C@@H]2CCOc3ccc(C#N)cc3C(=O)N(C)[C@@H](C)C(=O)N(C)C[C@H]1O2. The molecule has 8 nitrogen and oxygen atoms in total. The molecule has 8 heteroatoms. The van der Waals surface area contributed by atoms with E-state index >= 15 is 0 Å². The fraction of sp³-hybridized carbons (Fsp3) is 0.591. The second-order valence-corrected chi connectivity index (χ2v) is 7.92. The summed E-state index contributed by atoms with van der Waals surface area (Å²) in [6, 6.07) is 6.12. The van der Waals surface area contributed by atoms with Crippen LogP contribution in [0, 0.1) is 11.3 Å². The lowest BCUT2D eigenvalue weighted by atomic mass is 9.98. The predicted molar refractivity (Wildman–Crippen MR) is 109 cm³/mol. The Hall–Kier alpha value is -2.63. The Bertz CT molecular complexity index is 837. The summed E-state index contributed by atoms with van der Waals surface area (Å²) in [5.74, 6) is -0.153. The average Bonchev–Trinajstić information content (AvgIpc) is 2.76. The summed E-state index contributed by atoms with van der Waals surface area (Å²) in [5, 5.41) is 9.23. The van der Waals surface area contributed by atoms with Crippen LogP contribution in [-0.2, 0) is 14.3 Å². The highest BCUT2D eigenvalue weighted by atomic mass is 16.5. The van der Waals surface area contributed by atoms with Crippen LogP contribution >= 0.6 is 0 Å². The molecule has 2 amide bonds. The van der Waals surface area contributed by atoms with Crippen molar-refractivity contribution >= 4 is 11.8 Å². The smallest absolute Gasteiger partial charge is 0.258 e. The van der Waals surface area contributed by atoms with Crippen LogP contribution in [0.4, 0.5) is 0 Å². The van der Waals surface area contributed by atoms with E-state index in [2.05, 4.69) is 0 Å². The molecule has 2 bridgehead atoms. The molecule has 1 aromatic rings. The molecule has 1 saturated heterocycles. The molecule has 0 N–H and O–H groups in total. The van der Waals surface area contributed by atoms with E-state index in [1.54, 1.807) is 45.2 Å². The van der Waals surface area contributed by atoms with Gasteiger partial charge in [-0.2, -0.15) is 5.26 Å². The van der Waals surface area contributed by atoms with Crippen molar-refractivity contribution in [2.45, 2.75) is 50.5 Å². The highest BCUT2D eigenvalue weighted by Crippen LogP contribution is 2.27. The maximum atomic E-state index is 13.2. The number of likely N-dealkylation sites (N-methyl/N-ethyl adjacent to an activating group) is 2. The molecule has 4 atom stereocenters. The van der Waals surface area contributed by atoms with E-state index in [-0.39, 0.29) is 35.7 Å². The van der Waals surface area contributed by atoms with Crippen molar-refractivity contribution in [1.29, 1.82) is 5.26 Å². The molecule has 0 saturated carbocycles. The second kappa shape index (κ2) is 9.45. The number of rotatable bonds is 1. The fourth-order valence-corrected chi connectivity index (χ4v) is 3.98. The minimum atomic E-state index is -0.690. The molecule has 0 aliphatic carbocycles. The van der Waals surface area contributed by atoms with Crippen LogP contribution in [0.5, 0.6) is 5.75 Å². The third-order valence-corrected chi connectivity index (χ3v) is 5.98. The zero-order valence-electron chi connectivity index (χ0n) is 18.0. The average molecular weight is 415 g/mol. The normalized spacial score (nSPS) is 28.2. The minimum absolute atomic E-state index is 0.00882. The van der Waals surface area contributed by atoms with E-state index in [4.69, 9.17) is 14.2 Å². The molecule has 0 aromatic heterocycles. The zero-order valence-corrected chi connectivity index (χ0v) is 18.0. The van der Waals surface area contributed by atoms with Crippen LogP contribution in [-0.4, -0.2) is 80.3 Å². The van der Waals surface area contributed by atoms with Gasteiger partial charge in [0.05, 0.1) is 36.0 Å². The summed E-state index contributed by atoms with van der Waals surface area (Å²) < 4.78 is 17.7. The number of hydrogen-bond donors (Lipinski definition) is 0. The number of methoxy groups -OCH3 is 1. The number of amides is 2. The quantitative estimate of drug-likeness (QED) is 0.695. The summed E-state index contributed by atoms with van der Waals surface area (Å²) in [5.41, 5.74) is 0.637. The van der Waals surface area contributed by atoms with Crippen molar-refractivity contribution in [3.63, 3.8) is 0 Å². The Labute approximate surface area is 177 Å². The molecular formula is C22H29N3O5. The Kier molecular flexibility index (Phi) is 6.95. The van der Waals surface area contributed by atoms with E-state index in [1.165, 1.54) is 11.0 Å². The summed E-state index contributed by atoms with van der Waals surface area (Å²) in [7, 11) is 4.96. The van der Waals surface area contributed by atoms with Crippen molar-refractivity contribution in [1.82, 2.24) is 9.80 Å². The maximum Gasteiger partial charge on any atom is 0.258 e. The lowest BCUT2D eigenvalue weighted by Gasteiger charge is -2.39. The molecule has 0 unspecified atom stereocenters. The molecule has 1 aromatic carbocycles. The monoisotopic (exact) mass is 415 g/mol. The number of hydrogen-bond acceptors (Lipinski definition) is 6. The first kappa shape index (κ1) is 22.1. The van der Waals surface area contributed by atoms with E-state index in [0.29, 0.717) is 30.9 Å². The van der Waals surface area contributed by atoms with Crippen molar-refractivity contribution in [3.8, 4) is 11.8 Å². The van der Waals surface area contributed by atoms with Crippen molar-refractivity contribution in [3.05, 3.63) is 29.3 Å². The van der Waals surface area contributed by atoms with Gasteiger partial charge in [0.1, 0.15) is 17.9 Å². The molecule has 2 aliphatic rings. The molecule has 162 valence electrons. The van der Waals surface area contributed by atoms with Gasteiger partial charge in [-0.15, -0.1) is 0 Å². The third kappa shape index (κ3) is 4.58. The summed E-state index contributed by atoms with van der Waals surface area (Å²) in [6.45, 7) is 2.46. The topological polar surface area (TPSA) is 92.1 Å². The number of nitriles is 1. The maximum absolute atomic E-state index is 13.2. The number of ether oxygens (including phenoxy) is 3. The first-order valence-corrected chi connectivity index (χ1v) is 10.2. The first-order chi connectivity index (χ1) is 14.3. The molecule has 0 radical (unpaired) electrons. The van der Waals surface area contributed by atoms with Gasteiger partial charge in [0, 0.05) is 34.2 Å². The van der Waals surface area contributed by atoms with Gasteiger partial charge in [0.15, 0.2) is 0 Å². The van der Waals surface area contributed by atoms with Crippen LogP contribution in [0.15, 0.2) is 18.2 Å². The minimum Gasteiger partial charge on any atom is -0.493 e. The van der Waals surface area contributed by atoms with Crippen LogP contribution in [0.2, 0.25) is 0 Å². The van der Waals surface area contributed by atoms with Gasteiger partial charge in [-0.3, -0.25) is 9.59 Å². The largest absolute Gasteiger partial charge is 0.493 e. The Balaban J connectivity index is 1.94. The number of carbonyl (C=O) groups excluding carboxylic acids is 2. The van der Waals surface area contributed by atoms with Gasteiger partial charge < -0.3 is 24.0 Å².